The van der Waals surface area contributed by atoms with E-state index in [9.17, 15) is 0 Å². The molecule has 1 aromatic rings. The van der Waals surface area contributed by atoms with Crippen molar-refractivity contribution >= 4 is 0 Å². The highest BCUT2D eigenvalue weighted by molar-refractivity contribution is 5.30. The summed E-state index contributed by atoms with van der Waals surface area (Å²) in [7, 11) is 0. The van der Waals surface area contributed by atoms with Crippen molar-refractivity contribution in [2.45, 2.75) is 44.6 Å². The Kier molecular flexibility index (Phi) is 2.87. The van der Waals surface area contributed by atoms with Crippen molar-refractivity contribution in [2.75, 3.05) is 0 Å². The van der Waals surface area contributed by atoms with Crippen LogP contribution in [0.1, 0.15) is 42.7 Å². The summed E-state index contributed by atoms with van der Waals surface area (Å²) in [6.45, 7) is 2.19. The third-order valence-electron chi connectivity index (χ3n) is 3.41. The minimum absolute atomic E-state index is 0.379. The van der Waals surface area contributed by atoms with Gasteiger partial charge in [-0.15, -0.1) is 0 Å². The van der Waals surface area contributed by atoms with Crippen molar-refractivity contribution in [2.24, 2.45) is 5.73 Å². The molecule has 2 N–H and O–H groups in total. The van der Waals surface area contributed by atoms with Gasteiger partial charge in [-0.25, -0.2) is 0 Å². The first-order valence-electron chi connectivity index (χ1n) is 5.60. The minimum Gasteiger partial charge on any atom is -0.327 e. The monoisotopic (exact) mass is 189 g/mol. The number of rotatable bonds is 1. The number of hydrogen-bond donors (Lipinski definition) is 1. The van der Waals surface area contributed by atoms with Crippen LogP contribution in [0.4, 0.5) is 0 Å². The lowest BCUT2D eigenvalue weighted by atomic mass is 9.79. The van der Waals surface area contributed by atoms with Crippen LogP contribution in [0.3, 0.4) is 0 Å². The third-order valence-corrected chi connectivity index (χ3v) is 3.41. The molecule has 1 aliphatic carbocycles. The maximum absolute atomic E-state index is 6.18. The standard InChI is InChI=1S/C13H19N/c1-10-6-2-3-7-11(10)12-8-4-5-9-13(12)14/h2-3,6-7,12-13H,4-5,8-9,14H2,1H3. The second-order valence-corrected chi connectivity index (χ2v) is 4.41. The van der Waals surface area contributed by atoms with E-state index in [1.165, 1.54) is 36.8 Å². The van der Waals surface area contributed by atoms with Crippen molar-refractivity contribution in [3.05, 3.63) is 35.4 Å². The molecule has 0 radical (unpaired) electrons. The van der Waals surface area contributed by atoms with E-state index in [-0.39, 0.29) is 0 Å². The molecule has 0 aliphatic heterocycles. The molecule has 76 valence electrons. The topological polar surface area (TPSA) is 26.0 Å². The van der Waals surface area contributed by atoms with E-state index in [0.29, 0.717) is 12.0 Å². The number of hydrogen-bond acceptors (Lipinski definition) is 1. The summed E-state index contributed by atoms with van der Waals surface area (Å²) in [5.74, 6) is 0.602. The third kappa shape index (κ3) is 1.83. The Morgan fingerprint density at radius 1 is 1.14 bits per heavy atom. The zero-order chi connectivity index (χ0) is 9.97. The van der Waals surface area contributed by atoms with Crippen molar-refractivity contribution < 1.29 is 0 Å². The van der Waals surface area contributed by atoms with Gasteiger partial charge in [-0.1, -0.05) is 37.1 Å². The van der Waals surface area contributed by atoms with Crippen molar-refractivity contribution in [1.29, 1.82) is 0 Å². The largest absolute Gasteiger partial charge is 0.327 e. The van der Waals surface area contributed by atoms with Gasteiger partial charge in [0.1, 0.15) is 0 Å². The van der Waals surface area contributed by atoms with E-state index in [2.05, 4.69) is 31.2 Å². The molecule has 1 saturated carbocycles. The van der Waals surface area contributed by atoms with E-state index in [1.807, 2.05) is 0 Å². The normalized spacial score (nSPS) is 27.6. The van der Waals surface area contributed by atoms with Gasteiger partial charge in [-0.3, -0.25) is 0 Å². The molecule has 1 aromatic carbocycles. The fourth-order valence-electron chi connectivity index (χ4n) is 2.55. The molecule has 14 heavy (non-hydrogen) atoms. The van der Waals surface area contributed by atoms with Crippen molar-refractivity contribution in [3.8, 4) is 0 Å². The Balaban J connectivity index is 2.25. The molecule has 0 heterocycles. The van der Waals surface area contributed by atoms with Gasteiger partial charge in [0.05, 0.1) is 0 Å². The first-order valence-corrected chi connectivity index (χ1v) is 5.60. The summed E-state index contributed by atoms with van der Waals surface area (Å²) >= 11 is 0. The van der Waals surface area contributed by atoms with E-state index >= 15 is 0 Å². The van der Waals surface area contributed by atoms with Gasteiger partial charge in [0, 0.05) is 6.04 Å². The molecule has 0 saturated heterocycles. The number of benzene rings is 1. The van der Waals surface area contributed by atoms with Gasteiger partial charge in [-0.05, 0) is 36.8 Å². The molecule has 0 bridgehead atoms. The van der Waals surface area contributed by atoms with Crippen LogP contribution in [0, 0.1) is 6.92 Å². The molecule has 0 aromatic heterocycles. The summed E-state index contributed by atoms with van der Waals surface area (Å²) in [4.78, 5) is 0. The Morgan fingerprint density at radius 3 is 2.57 bits per heavy atom. The van der Waals surface area contributed by atoms with Crippen LogP contribution in [-0.2, 0) is 0 Å². The quantitative estimate of drug-likeness (QED) is 0.722. The second kappa shape index (κ2) is 4.14. The fraction of sp³-hybridized carbons (Fsp3) is 0.538. The van der Waals surface area contributed by atoms with Crippen LogP contribution in [0.15, 0.2) is 24.3 Å². The average Bonchev–Trinajstić information content (AvgIpc) is 2.20. The van der Waals surface area contributed by atoms with Gasteiger partial charge in [0.15, 0.2) is 0 Å². The average molecular weight is 189 g/mol. The Morgan fingerprint density at radius 2 is 1.86 bits per heavy atom. The Hall–Kier alpha value is -0.820. The molecule has 1 fully saturated rings. The Bertz CT molecular complexity index is 306. The highest BCUT2D eigenvalue weighted by atomic mass is 14.7. The molecule has 2 atom stereocenters. The second-order valence-electron chi connectivity index (χ2n) is 4.41. The van der Waals surface area contributed by atoms with Crippen LogP contribution >= 0.6 is 0 Å². The minimum atomic E-state index is 0.379. The highest BCUT2D eigenvalue weighted by Gasteiger charge is 2.23. The molecule has 1 nitrogen and oxygen atoms in total. The van der Waals surface area contributed by atoms with Gasteiger partial charge in [0.2, 0.25) is 0 Å². The Labute approximate surface area is 86.3 Å². The van der Waals surface area contributed by atoms with Gasteiger partial charge in [0.25, 0.3) is 0 Å². The van der Waals surface area contributed by atoms with Crippen LogP contribution in [0.25, 0.3) is 0 Å². The predicted octanol–water partition coefficient (Wildman–Crippen LogP) is 2.98. The fourth-order valence-corrected chi connectivity index (χ4v) is 2.55. The first kappa shape index (κ1) is 9.72. The lowest BCUT2D eigenvalue weighted by molar-refractivity contribution is 0.384. The van der Waals surface area contributed by atoms with Gasteiger partial charge in [-0.2, -0.15) is 0 Å². The molecular formula is C13H19N. The maximum atomic E-state index is 6.18. The molecule has 2 unspecified atom stereocenters. The lowest BCUT2D eigenvalue weighted by Gasteiger charge is -2.29. The van der Waals surface area contributed by atoms with E-state index < -0.39 is 0 Å². The van der Waals surface area contributed by atoms with Crippen LogP contribution < -0.4 is 5.73 Å². The summed E-state index contributed by atoms with van der Waals surface area (Å²) in [5.41, 5.74) is 9.05. The summed E-state index contributed by atoms with van der Waals surface area (Å²) in [5, 5.41) is 0. The molecule has 0 spiro atoms. The first-order chi connectivity index (χ1) is 6.79. The zero-order valence-corrected chi connectivity index (χ0v) is 8.87. The number of aryl methyl sites for hydroxylation is 1. The SMILES string of the molecule is Cc1ccccc1C1CCCCC1N. The molecule has 0 amide bonds. The summed E-state index contributed by atoms with van der Waals surface area (Å²) in [6.07, 6.45) is 5.11. The van der Waals surface area contributed by atoms with E-state index in [1.54, 1.807) is 0 Å². The van der Waals surface area contributed by atoms with Crippen LogP contribution in [0.5, 0.6) is 0 Å². The van der Waals surface area contributed by atoms with Crippen molar-refractivity contribution in [3.63, 3.8) is 0 Å². The van der Waals surface area contributed by atoms with E-state index in [4.69, 9.17) is 5.73 Å². The van der Waals surface area contributed by atoms with E-state index in [0.717, 1.165) is 0 Å². The molecule has 1 aliphatic rings. The van der Waals surface area contributed by atoms with Gasteiger partial charge < -0.3 is 5.73 Å². The summed E-state index contributed by atoms with van der Waals surface area (Å²) in [6, 6.07) is 9.04. The molecule has 2 rings (SSSR count). The molecular weight excluding hydrogens is 170 g/mol. The highest BCUT2D eigenvalue weighted by Crippen LogP contribution is 2.33. The predicted molar refractivity (Wildman–Crippen MR) is 60.4 cm³/mol. The van der Waals surface area contributed by atoms with Gasteiger partial charge >= 0.3 is 0 Å². The number of nitrogens with two attached hydrogens (primary N) is 1. The van der Waals surface area contributed by atoms with Crippen LogP contribution in [-0.4, -0.2) is 6.04 Å². The maximum Gasteiger partial charge on any atom is 0.0108 e. The summed E-state index contributed by atoms with van der Waals surface area (Å²) < 4.78 is 0. The lowest BCUT2D eigenvalue weighted by Crippen LogP contribution is -2.31. The smallest absolute Gasteiger partial charge is 0.0108 e. The zero-order valence-electron chi connectivity index (χ0n) is 8.87. The molecule has 1 heteroatoms. The van der Waals surface area contributed by atoms with Crippen LogP contribution in [0.2, 0.25) is 0 Å². The van der Waals surface area contributed by atoms with Crippen molar-refractivity contribution in [1.82, 2.24) is 0 Å².